The predicted molar refractivity (Wildman–Crippen MR) is 113 cm³/mol. The van der Waals surface area contributed by atoms with Gasteiger partial charge in [0, 0.05) is 24.7 Å². The molecule has 0 radical (unpaired) electrons. The van der Waals surface area contributed by atoms with Crippen LogP contribution in [0.5, 0.6) is 5.75 Å². The van der Waals surface area contributed by atoms with Gasteiger partial charge in [0.25, 0.3) is 0 Å². The molecule has 1 unspecified atom stereocenters. The second-order valence-corrected chi connectivity index (χ2v) is 8.20. The van der Waals surface area contributed by atoms with Crippen LogP contribution in [0, 0.1) is 11.3 Å². The second-order valence-electron chi connectivity index (χ2n) is 7.79. The maximum atomic E-state index is 13.7. The van der Waals surface area contributed by atoms with E-state index in [9.17, 15) is 13.2 Å². The summed E-state index contributed by atoms with van der Waals surface area (Å²) in [4.78, 5) is 4.17. The summed E-state index contributed by atoms with van der Waals surface area (Å²) in [6.45, 7) is 0. The van der Waals surface area contributed by atoms with Gasteiger partial charge in [0.1, 0.15) is 23.6 Å². The molecule has 0 bridgehead atoms. The second kappa shape index (κ2) is 7.78. The molecular weight excluding hydrogens is 457 g/mol. The molecule has 7 nitrogen and oxygen atoms in total. The fraction of sp³-hybridized carbons (Fsp3) is 0.273. The van der Waals surface area contributed by atoms with E-state index in [4.69, 9.17) is 21.6 Å². The third-order valence-corrected chi connectivity index (χ3v) is 5.94. The first kappa shape index (κ1) is 21.3. The van der Waals surface area contributed by atoms with Crippen molar-refractivity contribution in [3.05, 3.63) is 64.3 Å². The molecule has 3 aromatic heterocycles. The number of aryl methyl sites for hydroxylation is 1. The van der Waals surface area contributed by atoms with E-state index in [1.54, 1.807) is 53.2 Å². The van der Waals surface area contributed by atoms with Gasteiger partial charge in [-0.25, -0.2) is 4.68 Å². The number of halogens is 4. The summed E-state index contributed by atoms with van der Waals surface area (Å²) in [6, 6.07) is 5.01. The Labute approximate surface area is 191 Å². The van der Waals surface area contributed by atoms with Crippen molar-refractivity contribution in [2.75, 3.05) is 0 Å². The lowest BCUT2D eigenvalue weighted by molar-refractivity contribution is -0.138. The standard InChI is InChI=1S/C22H16ClF3N6O/c1-31-11-14(10-29-31)32-17-6-19(16(23)5-12(17)9-30-32)33-18-4-2-3-15-20(22(24,25)26)13(7-27)8-28-21(15)18/h5-6,8-11,18H,2-4H2,1H3. The first-order valence-corrected chi connectivity index (χ1v) is 10.5. The van der Waals surface area contributed by atoms with Crippen molar-refractivity contribution in [1.82, 2.24) is 24.5 Å². The monoisotopic (exact) mass is 472 g/mol. The van der Waals surface area contributed by atoms with Crippen LogP contribution in [0.4, 0.5) is 13.2 Å². The minimum absolute atomic E-state index is 0.00963. The van der Waals surface area contributed by atoms with Gasteiger partial charge in [-0.05, 0) is 30.9 Å². The van der Waals surface area contributed by atoms with E-state index in [-0.39, 0.29) is 17.7 Å². The summed E-state index contributed by atoms with van der Waals surface area (Å²) in [7, 11) is 1.79. The summed E-state index contributed by atoms with van der Waals surface area (Å²) < 4.78 is 50.6. The molecular formula is C22H16ClF3N6O. The highest BCUT2D eigenvalue weighted by atomic mass is 35.5. The van der Waals surface area contributed by atoms with E-state index in [2.05, 4.69) is 15.2 Å². The van der Waals surface area contributed by atoms with Gasteiger partial charge in [-0.2, -0.15) is 28.6 Å². The van der Waals surface area contributed by atoms with Gasteiger partial charge in [0.2, 0.25) is 0 Å². The van der Waals surface area contributed by atoms with E-state index in [1.165, 1.54) is 0 Å². The van der Waals surface area contributed by atoms with Crippen molar-refractivity contribution in [2.24, 2.45) is 7.05 Å². The highest BCUT2D eigenvalue weighted by molar-refractivity contribution is 6.32. The summed E-state index contributed by atoms with van der Waals surface area (Å²) >= 11 is 6.44. The molecule has 33 heavy (non-hydrogen) atoms. The predicted octanol–water partition coefficient (Wildman–Crippen LogP) is 5.15. The molecule has 3 heterocycles. The third-order valence-electron chi connectivity index (χ3n) is 5.64. The molecule has 1 atom stereocenters. The van der Waals surface area contributed by atoms with Crippen molar-refractivity contribution in [3.63, 3.8) is 0 Å². The Kier molecular flexibility index (Phi) is 5.01. The number of pyridine rings is 1. The smallest absolute Gasteiger partial charge is 0.418 e. The summed E-state index contributed by atoms with van der Waals surface area (Å²) in [5.41, 5.74) is 0.229. The number of benzene rings is 1. The highest BCUT2D eigenvalue weighted by Crippen LogP contribution is 2.42. The van der Waals surface area contributed by atoms with Crippen LogP contribution >= 0.6 is 11.6 Å². The first-order chi connectivity index (χ1) is 15.8. The van der Waals surface area contributed by atoms with Crippen molar-refractivity contribution in [1.29, 1.82) is 5.26 Å². The zero-order valence-corrected chi connectivity index (χ0v) is 18.0. The number of fused-ring (bicyclic) bond motifs is 2. The van der Waals surface area contributed by atoms with E-state index < -0.39 is 23.4 Å². The molecule has 0 fully saturated rings. The maximum absolute atomic E-state index is 13.7. The van der Waals surface area contributed by atoms with Gasteiger partial charge in [-0.3, -0.25) is 9.67 Å². The fourth-order valence-corrected chi connectivity index (χ4v) is 4.43. The van der Waals surface area contributed by atoms with E-state index >= 15 is 0 Å². The quantitative estimate of drug-likeness (QED) is 0.411. The normalized spacial score (nSPS) is 15.9. The Morgan fingerprint density at radius 2 is 2.03 bits per heavy atom. The lowest BCUT2D eigenvalue weighted by Crippen LogP contribution is -2.23. The number of nitriles is 1. The number of alkyl halides is 3. The van der Waals surface area contributed by atoms with Crippen LogP contribution < -0.4 is 4.74 Å². The third kappa shape index (κ3) is 3.68. The molecule has 0 aliphatic heterocycles. The first-order valence-electron chi connectivity index (χ1n) is 10.1. The Balaban J connectivity index is 1.57. The van der Waals surface area contributed by atoms with E-state index in [0.29, 0.717) is 29.1 Å². The SMILES string of the molecule is Cn1cc(-n2ncc3cc(Cl)c(OC4CCCc5c4ncc(C#N)c5C(F)(F)F)cc32)cn1. The maximum Gasteiger partial charge on any atom is 0.418 e. The Bertz CT molecular complexity index is 1420. The van der Waals surface area contributed by atoms with Crippen LogP contribution in [0.25, 0.3) is 16.6 Å². The zero-order valence-electron chi connectivity index (χ0n) is 17.3. The summed E-state index contributed by atoms with van der Waals surface area (Å²) in [5.74, 6) is 0.312. The van der Waals surface area contributed by atoms with Gasteiger partial charge >= 0.3 is 6.18 Å². The number of rotatable bonds is 3. The van der Waals surface area contributed by atoms with Gasteiger partial charge in [-0.15, -0.1) is 0 Å². The number of aromatic nitrogens is 5. The van der Waals surface area contributed by atoms with Gasteiger partial charge < -0.3 is 4.74 Å². The molecule has 168 valence electrons. The van der Waals surface area contributed by atoms with Crippen molar-refractivity contribution in [2.45, 2.75) is 31.5 Å². The van der Waals surface area contributed by atoms with Crippen molar-refractivity contribution in [3.8, 4) is 17.5 Å². The van der Waals surface area contributed by atoms with E-state index in [1.807, 2.05) is 0 Å². The Morgan fingerprint density at radius 3 is 2.73 bits per heavy atom. The van der Waals surface area contributed by atoms with Crippen LogP contribution in [-0.4, -0.2) is 24.5 Å². The molecule has 5 rings (SSSR count). The van der Waals surface area contributed by atoms with Gasteiger partial charge in [-0.1, -0.05) is 11.6 Å². The molecule has 0 saturated carbocycles. The molecule has 0 saturated heterocycles. The molecule has 11 heteroatoms. The average Bonchev–Trinajstić information content (AvgIpc) is 3.38. The molecule has 4 aromatic rings. The molecule has 1 aliphatic carbocycles. The minimum atomic E-state index is -4.66. The van der Waals surface area contributed by atoms with Gasteiger partial charge in [0.15, 0.2) is 0 Å². The average molecular weight is 473 g/mol. The van der Waals surface area contributed by atoms with Crippen LogP contribution in [-0.2, 0) is 19.6 Å². The number of ether oxygens (including phenoxy) is 1. The molecule has 0 amide bonds. The highest BCUT2D eigenvalue weighted by Gasteiger charge is 2.40. The van der Waals surface area contributed by atoms with Crippen molar-refractivity contribution >= 4 is 22.5 Å². The van der Waals surface area contributed by atoms with Crippen molar-refractivity contribution < 1.29 is 17.9 Å². The molecule has 0 spiro atoms. The lowest BCUT2D eigenvalue weighted by Gasteiger charge is -2.28. The zero-order chi connectivity index (χ0) is 23.3. The summed E-state index contributed by atoms with van der Waals surface area (Å²) in [6.07, 6.45) is 1.81. The van der Waals surface area contributed by atoms with Gasteiger partial charge in [0.05, 0.1) is 46.0 Å². The number of hydrogen-bond donors (Lipinski definition) is 0. The molecule has 1 aromatic carbocycles. The Hall–Kier alpha value is -3.58. The van der Waals surface area contributed by atoms with Crippen LogP contribution in [0.1, 0.15) is 41.3 Å². The fourth-order valence-electron chi connectivity index (χ4n) is 4.22. The topological polar surface area (TPSA) is 81.5 Å². The van der Waals surface area contributed by atoms with Crippen LogP contribution in [0.2, 0.25) is 5.02 Å². The summed E-state index contributed by atoms with van der Waals surface area (Å²) in [5, 5.41) is 18.8. The molecule has 1 aliphatic rings. The number of hydrogen-bond acceptors (Lipinski definition) is 5. The molecule has 0 N–H and O–H groups in total. The van der Waals surface area contributed by atoms with E-state index in [0.717, 1.165) is 17.3 Å². The van der Waals surface area contributed by atoms with Crippen LogP contribution in [0.3, 0.4) is 0 Å². The minimum Gasteiger partial charge on any atom is -0.482 e. The number of nitrogens with zero attached hydrogens (tertiary/aromatic N) is 6. The largest absolute Gasteiger partial charge is 0.482 e. The Morgan fingerprint density at radius 1 is 1.21 bits per heavy atom. The lowest BCUT2D eigenvalue weighted by atomic mass is 9.88. The van der Waals surface area contributed by atoms with Crippen LogP contribution in [0.15, 0.2) is 36.9 Å².